The fraction of sp³-hybridized carbons (Fsp3) is 0.211. The van der Waals surface area contributed by atoms with Crippen LogP contribution in [-0.4, -0.2) is 24.5 Å². The first kappa shape index (κ1) is 17.1. The number of nitriles is 1. The van der Waals surface area contributed by atoms with E-state index in [-0.39, 0.29) is 11.9 Å². The number of anilines is 1. The van der Waals surface area contributed by atoms with Crippen molar-refractivity contribution in [2.24, 2.45) is 0 Å². The lowest BCUT2D eigenvalue weighted by molar-refractivity contribution is -0.902. The average Bonchev–Trinajstić information content (AvgIpc) is 3.05. The highest BCUT2D eigenvalue weighted by Crippen LogP contribution is 2.24. The van der Waals surface area contributed by atoms with E-state index in [1.54, 1.807) is 35.6 Å². The number of nitrogens with zero attached hydrogens (tertiary/aromatic N) is 2. The number of benzene rings is 2. The molecule has 126 valence electrons. The molecule has 25 heavy (non-hydrogen) atoms. The van der Waals surface area contributed by atoms with Gasteiger partial charge >= 0.3 is 0 Å². The smallest absolute Gasteiger partial charge is 0.279 e. The lowest BCUT2D eigenvalue weighted by Crippen LogP contribution is -3.10. The lowest BCUT2D eigenvalue weighted by Gasteiger charge is -2.19. The first-order valence-electron chi connectivity index (χ1n) is 8.05. The van der Waals surface area contributed by atoms with Crippen molar-refractivity contribution in [2.45, 2.75) is 13.0 Å². The zero-order valence-corrected chi connectivity index (χ0v) is 14.9. The van der Waals surface area contributed by atoms with Gasteiger partial charge in [0.15, 0.2) is 11.6 Å². The zero-order valence-electron chi connectivity index (χ0n) is 14.1. The maximum atomic E-state index is 12.3. The molecule has 5 nitrogen and oxygen atoms in total. The van der Waals surface area contributed by atoms with Gasteiger partial charge < -0.3 is 10.2 Å². The fourth-order valence-electron chi connectivity index (χ4n) is 2.58. The fourth-order valence-corrected chi connectivity index (χ4v) is 3.69. The van der Waals surface area contributed by atoms with Crippen LogP contribution in [-0.2, 0) is 4.79 Å². The number of thiazole rings is 1. The molecule has 3 rings (SSSR count). The molecule has 1 unspecified atom stereocenters. The van der Waals surface area contributed by atoms with Gasteiger partial charge in [0, 0.05) is 0 Å². The third-order valence-electron chi connectivity index (χ3n) is 4.18. The number of aromatic nitrogens is 1. The number of hydrogen-bond donors (Lipinski definition) is 2. The third kappa shape index (κ3) is 3.85. The van der Waals surface area contributed by atoms with Crippen LogP contribution in [0.1, 0.15) is 23.5 Å². The molecule has 0 aliphatic carbocycles. The number of rotatable bonds is 5. The Morgan fingerprint density at radius 3 is 2.76 bits per heavy atom. The number of nitrogens with one attached hydrogen (secondary N) is 2. The molecular weight excluding hydrogens is 332 g/mol. The van der Waals surface area contributed by atoms with Crippen molar-refractivity contribution in [3.8, 4) is 6.07 Å². The molecule has 1 heterocycles. The summed E-state index contributed by atoms with van der Waals surface area (Å²) in [5, 5.41) is 12.9. The number of likely N-dealkylation sites (N-methyl/N-ethyl adjacent to an activating group) is 1. The second-order valence-electron chi connectivity index (χ2n) is 5.97. The van der Waals surface area contributed by atoms with E-state index in [0.29, 0.717) is 17.8 Å². The van der Waals surface area contributed by atoms with Gasteiger partial charge in [-0.25, -0.2) is 4.98 Å². The second-order valence-corrected chi connectivity index (χ2v) is 7.03. The number of amides is 1. The molecular formula is C19H19N4OS+. The summed E-state index contributed by atoms with van der Waals surface area (Å²) in [6.07, 6.45) is 0. The number of quaternary nitrogens is 1. The van der Waals surface area contributed by atoms with E-state index in [1.807, 2.05) is 25.2 Å². The van der Waals surface area contributed by atoms with Crippen LogP contribution >= 0.6 is 11.3 Å². The Bertz CT molecular complexity index is 911. The van der Waals surface area contributed by atoms with Crippen molar-refractivity contribution in [1.82, 2.24) is 4.98 Å². The maximum absolute atomic E-state index is 12.3. The Hall–Kier alpha value is -2.75. The molecule has 6 heteroatoms. The van der Waals surface area contributed by atoms with Gasteiger partial charge in [-0.1, -0.05) is 24.3 Å². The summed E-state index contributed by atoms with van der Waals surface area (Å²) in [6.45, 7) is 2.38. The zero-order chi connectivity index (χ0) is 17.8. The standard InChI is InChI=1S/C19H18N4OS/c1-13(19-22-16-9-5-6-10-17(16)25-19)23(2)12-18(24)21-15-8-4-3-7-14(15)11-20/h3-10,13H,12H2,1-2H3,(H,21,24)/p+1/t13-/m1/s1. The highest BCUT2D eigenvalue weighted by molar-refractivity contribution is 7.18. The summed E-state index contributed by atoms with van der Waals surface area (Å²) >= 11 is 1.66. The van der Waals surface area contributed by atoms with Gasteiger partial charge in [0.2, 0.25) is 0 Å². The second kappa shape index (κ2) is 7.43. The van der Waals surface area contributed by atoms with Gasteiger partial charge in [0.05, 0.1) is 28.5 Å². The lowest BCUT2D eigenvalue weighted by atomic mass is 10.2. The Labute approximate surface area is 150 Å². The Morgan fingerprint density at radius 2 is 2.00 bits per heavy atom. The van der Waals surface area contributed by atoms with Crippen LogP contribution in [0.3, 0.4) is 0 Å². The topological polar surface area (TPSA) is 70.2 Å². The van der Waals surface area contributed by atoms with Crippen LogP contribution < -0.4 is 10.2 Å². The normalized spacial score (nSPS) is 13.2. The van der Waals surface area contributed by atoms with Crippen LogP contribution in [0, 0.1) is 11.3 Å². The van der Waals surface area contributed by atoms with E-state index >= 15 is 0 Å². The Morgan fingerprint density at radius 1 is 1.28 bits per heavy atom. The average molecular weight is 351 g/mol. The molecule has 2 N–H and O–H groups in total. The van der Waals surface area contributed by atoms with Crippen molar-refractivity contribution in [3.63, 3.8) is 0 Å². The van der Waals surface area contributed by atoms with E-state index < -0.39 is 0 Å². The van der Waals surface area contributed by atoms with E-state index in [4.69, 9.17) is 5.26 Å². The highest BCUT2D eigenvalue weighted by Gasteiger charge is 2.22. The van der Waals surface area contributed by atoms with Crippen LogP contribution in [0.4, 0.5) is 5.69 Å². The number of carbonyl (C=O) groups excluding carboxylic acids is 1. The number of para-hydroxylation sites is 2. The summed E-state index contributed by atoms with van der Waals surface area (Å²) in [7, 11) is 1.98. The highest BCUT2D eigenvalue weighted by atomic mass is 32.1. The van der Waals surface area contributed by atoms with Crippen molar-refractivity contribution in [1.29, 1.82) is 5.26 Å². The number of carbonyl (C=O) groups is 1. The Kier molecular flexibility index (Phi) is 5.08. The van der Waals surface area contributed by atoms with Crippen LogP contribution in [0.2, 0.25) is 0 Å². The minimum Gasteiger partial charge on any atom is -0.322 e. The van der Waals surface area contributed by atoms with E-state index in [2.05, 4.69) is 29.4 Å². The van der Waals surface area contributed by atoms with Crippen LogP contribution in [0.15, 0.2) is 48.5 Å². The molecule has 3 aromatic rings. The number of fused-ring (bicyclic) bond motifs is 1. The van der Waals surface area contributed by atoms with Crippen molar-refractivity contribution >= 4 is 33.1 Å². The van der Waals surface area contributed by atoms with E-state index in [0.717, 1.165) is 20.1 Å². The van der Waals surface area contributed by atoms with E-state index in [1.165, 1.54) is 0 Å². The molecule has 0 saturated heterocycles. The molecule has 2 atom stereocenters. The summed E-state index contributed by atoms with van der Waals surface area (Å²) in [5.74, 6) is -0.117. The summed E-state index contributed by atoms with van der Waals surface area (Å²) in [6, 6.07) is 17.3. The number of hydrogen-bond acceptors (Lipinski definition) is 4. The monoisotopic (exact) mass is 351 g/mol. The SMILES string of the molecule is C[C@H](c1nc2ccccc2s1)[NH+](C)CC(=O)Nc1ccccc1C#N. The summed E-state index contributed by atoms with van der Waals surface area (Å²) in [4.78, 5) is 18.1. The summed E-state index contributed by atoms with van der Waals surface area (Å²) < 4.78 is 1.16. The molecule has 2 aromatic carbocycles. The Balaban J connectivity index is 1.67. The van der Waals surface area contributed by atoms with Gasteiger partial charge in [-0.05, 0) is 31.2 Å². The molecule has 0 radical (unpaired) electrons. The maximum Gasteiger partial charge on any atom is 0.279 e. The first-order chi connectivity index (χ1) is 12.1. The van der Waals surface area contributed by atoms with Crippen molar-refractivity contribution in [3.05, 3.63) is 59.1 Å². The predicted molar refractivity (Wildman–Crippen MR) is 99.6 cm³/mol. The van der Waals surface area contributed by atoms with Gasteiger partial charge in [0.1, 0.15) is 12.1 Å². The third-order valence-corrected chi connectivity index (χ3v) is 5.40. The van der Waals surface area contributed by atoms with Gasteiger partial charge in [-0.3, -0.25) is 4.79 Å². The molecule has 0 fully saturated rings. The predicted octanol–water partition coefficient (Wildman–Crippen LogP) is 2.38. The van der Waals surface area contributed by atoms with Crippen LogP contribution in [0.5, 0.6) is 0 Å². The molecule has 0 spiro atoms. The molecule has 0 aliphatic rings. The molecule has 1 aromatic heterocycles. The minimum absolute atomic E-state index is 0.106. The summed E-state index contributed by atoms with van der Waals surface area (Å²) in [5.41, 5.74) is 2.01. The molecule has 0 aliphatic heterocycles. The molecule has 0 saturated carbocycles. The first-order valence-corrected chi connectivity index (χ1v) is 8.87. The van der Waals surface area contributed by atoms with Gasteiger partial charge in [0.25, 0.3) is 5.91 Å². The van der Waals surface area contributed by atoms with Gasteiger partial charge in [-0.2, -0.15) is 5.26 Å². The van der Waals surface area contributed by atoms with Crippen LogP contribution in [0.25, 0.3) is 10.2 Å². The van der Waals surface area contributed by atoms with Crippen molar-refractivity contribution in [2.75, 3.05) is 18.9 Å². The largest absolute Gasteiger partial charge is 0.322 e. The van der Waals surface area contributed by atoms with Gasteiger partial charge in [-0.15, -0.1) is 11.3 Å². The van der Waals surface area contributed by atoms with Crippen molar-refractivity contribution < 1.29 is 9.69 Å². The van der Waals surface area contributed by atoms with E-state index in [9.17, 15) is 4.79 Å². The molecule has 1 amide bonds. The minimum atomic E-state index is -0.117. The quantitative estimate of drug-likeness (QED) is 0.741. The molecule has 0 bridgehead atoms.